The lowest BCUT2D eigenvalue weighted by Crippen LogP contribution is -2.03. The molecule has 92 valence electrons. The largest absolute Gasteiger partial charge is 0.306 e. The van der Waals surface area contributed by atoms with Gasteiger partial charge in [-0.3, -0.25) is 0 Å². The number of pyridine rings is 1. The van der Waals surface area contributed by atoms with E-state index in [0.29, 0.717) is 5.88 Å². The summed E-state index contributed by atoms with van der Waals surface area (Å²) < 4.78 is 2.09. The van der Waals surface area contributed by atoms with Crippen molar-refractivity contribution in [2.24, 2.45) is 0 Å². The summed E-state index contributed by atoms with van der Waals surface area (Å²) in [5.74, 6) is 1.28. The third kappa shape index (κ3) is 2.02. The maximum atomic E-state index is 5.98. The van der Waals surface area contributed by atoms with E-state index < -0.39 is 0 Å². The van der Waals surface area contributed by atoms with Crippen LogP contribution in [-0.4, -0.2) is 14.5 Å². The lowest BCUT2D eigenvalue weighted by atomic mass is 10.3. The van der Waals surface area contributed by atoms with Crippen LogP contribution in [0.4, 0.5) is 0 Å². The van der Waals surface area contributed by atoms with Crippen LogP contribution in [0.3, 0.4) is 0 Å². The van der Waals surface area contributed by atoms with Crippen molar-refractivity contribution >= 4 is 34.1 Å². The van der Waals surface area contributed by atoms with Crippen LogP contribution in [-0.2, 0) is 12.4 Å². The summed E-state index contributed by atoms with van der Waals surface area (Å²) in [5.41, 5.74) is 2.94. The van der Waals surface area contributed by atoms with Gasteiger partial charge < -0.3 is 4.57 Å². The average Bonchev–Trinajstić information content (AvgIpc) is 2.97. The lowest BCUT2D eigenvalue weighted by molar-refractivity contribution is 0.780. The van der Waals surface area contributed by atoms with E-state index in [9.17, 15) is 0 Å². The number of imidazole rings is 1. The molecule has 0 radical (unpaired) electrons. The van der Waals surface area contributed by atoms with Crippen molar-refractivity contribution < 1.29 is 0 Å². The van der Waals surface area contributed by atoms with E-state index in [1.807, 2.05) is 19.2 Å². The fraction of sp³-hybridized carbons (Fsp3) is 0.231. The Morgan fingerprint density at radius 1 is 1.44 bits per heavy atom. The molecule has 0 fully saturated rings. The monoisotopic (exact) mass is 277 g/mol. The molecule has 3 aromatic rings. The number of rotatable bonds is 3. The zero-order valence-corrected chi connectivity index (χ0v) is 11.5. The van der Waals surface area contributed by atoms with E-state index in [-0.39, 0.29) is 0 Å². The molecule has 0 aromatic carbocycles. The van der Waals surface area contributed by atoms with Crippen LogP contribution < -0.4 is 0 Å². The Hall–Kier alpha value is -1.39. The molecule has 3 aromatic heterocycles. The van der Waals surface area contributed by atoms with Gasteiger partial charge in [0, 0.05) is 11.1 Å². The van der Waals surface area contributed by atoms with Crippen LogP contribution >= 0.6 is 22.9 Å². The highest BCUT2D eigenvalue weighted by Gasteiger charge is 2.11. The molecule has 18 heavy (non-hydrogen) atoms. The normalized spacial score (nSPS) is 11.2. The second-order valence-corrected chi connectivity index (χ2v) is 5.48. The molecule has 0 amide bonds. The zero-order valence-electron chi connectivity index (χ0n) is 9.93. The second-order valence-electron chi connectivity index (χ2n) is 4.18. The maximum absolute atomic E-state index is 5.98. The summed E-state index contributed by atoms with van der Waals surface area (Å²) in [4.78, 5) is 10.3. The van der Waals surface area contributed by atoms with Gasteiger partial charge in [0.1, 0.15) is 11.3 Å². The topological polar surface area (TPSA) is 30.7 Å². The van der Waals surface area contributed by atoms with E-state index in [1.165, 1.54) is 4.88 Å². The van der Waals surface area contributed by atoms with E-state index in [1.54, 1.807) is 11.3 Å². The summed E-state index contributed by atoms with van der Waals surface area (Å²) >= 11 is 7.71. The van der Waals surface area contributed by atoms with Crippen LogP contribution in [0.25, 0.3) is 11.2 Å². The molecular weight excluding hydrogens is 266 g/mol. The van der Waals surface area contributed by atoms with Gasteiger partial charge in [-0.2, -0.15) is 0 Å². The second kappa shape index (κ2) is 4.71. The smallest absolute Gasteiger partial charge is 0.160 e. The molecule has 3 nitrogen and oxygen atoms in total. The first-order chi connectivity index (χ1) is 8.78. The molecule has 0 bridgehead atoms. The summed E-state index contributed by atoms with van der Waals surface area (Å²) in [6, 6.07) is 6.21. The first-order valence-corrected chi connectivity index (χ1v) is 7.09. The highest BCUT2D eigenvalue weighted by atomic mass is 35.5. The van der Waals surface area contributed by atoms with Crippen LogP contribution in [0.15, 0.2) is 29.8 Å². The van der Waals surface area contributed by atoms with Crippen molar-refractivity contribution in [3.05, 3.63) is 46.0 Å². The number of fused-ring (bicyclic) bond motifs is 1. The molecule has 0 saturated heterocycles. The quantitative estimate of drug-likeness (QED) is 0.685. The molecule has 0 saturated carbocycles. The SMILES string of the molecule is Cc1cnc2c(c1)nc(CCl)n2Cc1cccs1. The van der Waals surface area contributed by atoms with E-state index in [0.717, 1.165) is 29.1 Å². The molecular formula is C13H12ClN3S. The number of alkyl halides is 1. The Morgan fingerprint density at radius 2 is 2.33 bits per heavy atom. The van der Waals surface area contributed by atoms with Crippen LogP contribution in [0, 0.1) is 6.92 Å². The predicted molar refractivity (Wildman–Crippen MR) is 75.2 cm³/mol. The van der Waals surface area contributed by atoms with Crippen LogP contribution in [0.5, 0.6) is 0 Å². The molecule has 0 spiro atoms. The number of halogens is 1. The molecule has 0 atom stereocenters. The lowest BCUT2D eigenvalue weighted by Gasteiger charge is -2.04. The average molecular weight is 278 g/mol. The minimum atomic E-state index is 0.404. The standard InChI is InChI=1S/C13H12ClN3S/c1-9-5-11-13(15-7-9)17(12(6-14)16-11)8-10-3-2-4-18-10/h2-5,7H,6,8H2,1H3. The molecule has 0 aliphatic heterocycles. The van der Waals surface area contributed by atoms with Crippen molar-refractivity contribution in [1.29, 1.82) is 0 Å². The van der Waals surface area contributed by atoms with Gasteiger partial charge in [-0.05, 0) is 30.0 Å². The Bertz CT molecular complexity index is 673. The number of nitrogens with zero attached hydrogens (tertiary/aromatic N) is 3. The number of aryl methyl sites for hydroxylation is 1. The first kappa shape index (κ1) is 11.7. The van der Waals surface area contributed by atoms with Gasteiger partial charge in [0.05, 0.1) is 12.4 Å². The number of thiophene rings is 1. The van der Waals surface area contributed by atoms with Gasteiger partial charge in [0.15, 0.2) is 5.65 Å². The Labute approximate surface area is 114 Å². The van der Waals surface area contributed by atoms with E-state index in [4.69, 9.17) is 11.6 Å². The van der Waals surface area contributed by atoms with Gasteiger partial charge in [-0.15, -0.1) is 22.9 Å². The van der Waals surface area contributed by atoms with Crippen molar-refractivity contribution in [2.75, 3.05) is 0 Å². The summed E-state index contributed by atoms with van der Waals surface area (Å²) in [6.07, 6.45) is 1.87. The van der Waals surface area contributed by atoms with Gasteiger partial charge >= 0.3 is 0 Å². The fourth-order valence-corrected chi connectivity index (χ4v) is 2.88. The van der Waals surface area contributed by atoms with E-state index >= 15 is 0 Å². The molecule has 0 N–H and O–H groups in total. The third-order valence-electron chi connectivity index (χ3n) is 2.81. The molecule has 0 aliphatic rings. The molecule has 0 unspecified atom stereocenters. The zero-order chi connectivity index (χ0) is 12.5. The highest BCUT2D eigenvalue weighted by molar-refractivity contribution is 7.09. The summed E-state index contributed by atoms with van der Waals surface area (Å²) in [5, 5.41) is 2.08. The van der Waals surface area contributed by atoms with Gasteiger partial charge in [0.25, 0.3) is 0 Å². The molecule has 3 rings (SSSR count). The summed E-state index contributed by atoms with van der Waals surface area (Å²) in [6.45, 7) is 2.80. The molecule has 3 heterocycles. The van der Waals surface area contributed by atoms with E-state index in [2.05, 4.69) is 32.0 Å². The van der Waals surface area contributed by atoms with Crippen molar-refractivity contribution in [2.45, 2.75) is 19.3 Å². The summed E-state index contributed by atoms with van der Waals surface area (Å²) in [7, 11) is 0. The van der Waals surface area contributed by atoms with Gasteiger partial charge in [-0.1, -0.05) is 6.07 Å². The molecule has 0 aliphatic carbocycles. The van der Waals surface area contributed by atoms with Crippen molar-refractivity contribution in [3.8, 4) is 0 Å². The Morgan fingerprint density at radius 3 is 3.06 bits per heavy atom. The minimum absolute atomic E-state index is 0.404. The Kier molecular flexibility index (Phi) is 3.06. The fourth-order valence-electron chi connectivity index (χ4n) is 1.98. The molecule has 5 heteroatoms. The Balaban J connectivity index is 2.13. The number of aromatic nitrogens is 3. The van der Waals surface area contributed by atoms with Crippen LogP contribution in [0.1, 0.15) is 16.3 Å². The van der Waals surface area contributed by atoms with Gasteiger partial charge in [-0.25, -0.2) is 9.97 Å². The highest BCUT2D eigenvalue weighted by Crippen LogP contribution is 2.20. The van der Waals surface area contributed by atoms with Crippen molar-refractivity contribution in [1.82, 2.24) is 14.5 Å². The van der Waals surface area contributed by atoms with Crippen molar-refractivity contribution in [3.63, 3.8) is 0 Å². The maximum Gasteiger partial charge on any atom is 0.160 e. The number of hydrogen-bond donors (Lipinski definition) is 0. The van der Waals surface area contributed by atoms with Gasteiger partial charge in [0.2, 0.25) is 0 Å². The predicted octanol–water partition coefficient (Wildman–Crippen LogP) is 3.59. The van der Waals surface area contributed by atoms with Crippen LogP contribution in [0.2, 0.25) is 0 Å². The number of hydrogen-bond acceptors (Lipinski definition) is 3. The third-order valence-corrected chi connectivity index (χ3v) is 3.91. The first-order valence-electron chi connectivity index (χ1n) is 5.68. The minimum Gasteiger partial charge on any atom is -0.306 e.